The summed E-state index contributed by atoms with van der Waals surface area (Å²) in [6.07, 6.45) is 6.47. The molecule has 2 aromatic heterocycles. The summed E-state index contributed by atoms with van der Waals surface area (Å²) in [5, 5.41) is 0. The fourth-order valence-electron chi connectivity index (χ4n) is 2.69. The van der Waals surface area contributed by atoms with E-state index in [9.17, 15) is 0 Å². The number of hydrogen-bond donors (Lipinski definition) is 0. The van der Waals surface area contributed by atoms with Gasteiger partial charge in [-0.2, -0.15) is 4.57 Å². The number of aryl methyl sites for hydroxylation is 3. The van der Waals surface area contributed by atoms with Crippen LogP contribution in [-0.4, -0.2) is 4.40 Å². The summed E-state index contributed by atoms with van der Waals surface area (Å²) in [4.78, 5) is 0. The fraction of sp³-hybridized carbons (Fsp3) is 0.235. The van der Waals surface area contributed by atoms with Crippen molar-refractivity contribution in [2.75, 3.05) is 0 Å². The van der Waals surface area contributed by atoms with E-state index in [4.69, 9.17) is 0 Å². The maximum Gasteiger partial charge on any atom is 0.229 e. The quantitative estimate of drug-likeness (QED) is 0.586. The summed E-state index contributed by atoms with van der Waals surface area (Å²) < 4.78 is 4.38. The van der Waals surface area contributed by atoms with Crippen molar-refractivity contribution in [2.45, 2.75) is 20.8 Å². The molecule has 0 saturated heterocycles. The zero-order valence-corrected chi connectivity index (χ0v) is 11.9. The number of hydrogen-bond acceptors (Lipinski definition) is 0. The van der Waals surface area contributed by atoms with E-state index in [0.717, 1.165) is 0 Å². The summed E-state index contributed by atoms with van der Waals surface area (Å²) in [5.41, 5.74) is 7.79. The smallest absolute Gasteiger partial charge is 0.229 e. The molecule has 0 amide bonds. The van der Waals surface area contributed by atoms with Gasteiger partial charge in [0.25, 0.3) is 0 Å². The van der Waals surface area contributed by atoms with Crippen LogP contribution >= 0.6 is 0 Å². The van der Waals surface area contributed by atoms with Crippen LogP contribution < -0.4 is 4.57 Å². The summed E-state index contributed by atoms with van der Waals surface area (Å²) in [6.45, 7) is 6.54. The number of rotatable bonds is 1. The molecular formula is C17H19N2+. The molecule has 3 aromatic rings. The van der Waals surface area contributed by atoms with Crippen molar-refractivity contribution in [2.24, 2.45) is 7.05 Å². The lowest BCUT2D eigenvalue weighted by Crippen LogP contribution is -2.31. The predicted octanol–water partition coefficient (Wildman–Crippen LogP) is 3.36. The highest BCUT2D eigenvalue weighted by Crippen LogP contribution is 2.25. The van der Waals surface area contributed by atoms with E-state index in [-0.39, 0.29) is 0 Å². The number of aromatic nitrogens is 2. The van der Waals surface area contributed by atoms with E-state index < -0.39 is 0 Å². The Balaban J connectivity index is 2.32. The van der Waals surface area contributed by atoms with Gasteiger partial charge < -0.3 is 4.40 Å². The highest BCUT2D eigenvalue weighted by Gasteiger charge is 2.15. The SMILES string of the molecule is Cc1cc(C)c(C)c(-c2cn3cccc3c[n+]2C)c1. The molecule has 0 radical (unpaired) electrons. The third-order valence-corrected chi connectivity index (χ3v) is 3.87. The second-order valence-electron chi connectivity index (χ2n) is 5.35. The van der Waals surface area contributed by atoms with E-state index in [1.807, 2.05) is 0 Å². The van der Waals surface area contributed by atoms with Crippen molar-refractivity contribution in [3.8, 4) is 11.3 Å². The van der Waals surface area contributed by atoms with Crippen LogP contribution in [0.2, 0.25) is 0 Å². The first-order valence-electron chi connectivity index (χ1n) is 6.61. The molecule has 0 bridgehead atoms. The lowest BCUT2D eigenvalue weighted by atomic mass is 9.98. The molecule has 0 fully saturated rings. The topological polar surface area (TPSA) is 8.29 Å². The first-order chi connectivity index (χ1) is 9.06. The Bertz CT molecular complexity index is 766. The van der Waals surface area contributed by atoms with Gasteiger partial charge >= 0.3 is 0 Å². The zero-order chi connectivity index (χ0) is 13.6. The van der Waals surface area contributed by atoms with Crippen LogP contribution in [0.25, 0.3) is 16.8 Å². The standard InChI is InChI=1S/C17H19N2/c1-12-8-13(2)14(3)16(9-12)17-11-19-7-5-6-15(19)10-18(17)4/h5-11H,1-4H3/q+1. The van der Waals surface area contributed by atoms with Gasteiger partial charge in [-0.05, 0) is 50.1 Å². The molecule has 0 aliphatic rings. The Kier molecular flexibility index (Phi) is 2.67. The van der Waals surface area contributed by atoms with E-state index in [1.54, 1.807) is 0 Å². The molecule has 1 aromatic carbocycles. The first kappa shape index (κ1) is 12.0. The van der Waals surface area contributed by atoms with E-state index in [1.165, 1.54) is 33.5 Å². The van der Waals surface area contributed by atoms with Crippen LogP contribution in [0.15, 0.2) is 42.9 Å². The van der Waals surface area contributed by atoms with Crippen LogP contribution in [-0.2, 0) is 7.05 Å². The van der Waals surface area contributed by atoms with Gasteiger partial charge in [-0.3, -0.25) is 0 Å². The van der Waals surface area contributed by atoms with Crippen LogP contribution in [0.5, 0.6) is 0 Å². The van der Waals surface area contributed by atoms with Crippen molar-refractivity contribution >= 4 is 5.52 Å². The van der Waals surface area contributed by atoms with Crippen molar-refractivity contribution in [3.63, 3.8) is 0 Å². The zero-order valence-electron chi connectivity index (χ0n) is 11.9. The molecule has 2 nitrogen and oxygen atoms in total. The molecule has 3 rings (SSSR count). The molecule has 0 unspecified atom stereocenters. The monoisotopic (exact) mass is 251 g/mol. The highest BCUT2D eigenvalue weighted by molar-refractivity contribution is 5.64. The van der Waals surface area contributed by atoms with Gasteiger partial charge in [-0.1, -0.05) is 11.6 Å². The summed E-state index contributed by atoms with van der Waals surface area (Å²) in [5.74, 6) is 0. The molecule has 2 heterocycles. The van der Waals surface area contributed by atoms with Gasteiger partial charge in [0.15, 0.2) is 6.20 Å². The van der Waals surface area contributed by atoms with E-state index in [0.29, 0.717) is 0 Å². The maximum absolute atomic E-state index is 2.27. The number of fused-ring (bicyclic) bond motifs is 1. The average molecular weight is 251 g/mol. The molecule has 0 atom stereocenters. The first-order valence-corrected chi connectivity index (χ1v) is 6.61. The molecule has 0 spiro atoms. The minimum Gasteiger partial charge on any atom is -0.312 e. The summed E-state index contributed by atoms with van der Waals surface area (Å²) in [7, 11) is 2.11. The third-order valence-electron chi connectivity index (χ3n) is 3.87. The Hall–Kier alpha value is -2.09. The van der Waals surface area contributed by atoms with Gasteiger partial charge in [-0.25, -0.2) is 0 Å². The molecule has 0 N–H and O–H groups in total. The summed E-state index contributed by atoms with van der Waals surface area (Å²) >= 11 is 0. The minimum atomic E-state index is 1.22. The number of nitrogens with zero attached hydrogens (tertiary/aromatic N) is 2. The fourth-order valence-corrected chi connectivity index (χ4v) is 2.69. The highest BCUT2D eigenvalue weighted by atomic mass is 15.0. The molecule has 2 heteroatoms. The normalized spacial score (nSPS) is 11.2. The Morgan fingerprint density at radius 1 is 1.11 bits per heavy atom. The van der Waals surface area contributed by atoms with Crippen LogP contribution in [0, 0.1) is 20.8 Å². The van der Waals surface area contributed by atoms with Crippen molar-refractivity contribution in [3.05, 3.63) is 59.5 Å². The lowest BCUT2D eigenvalue weighted by Gasteiger charge is -2.09. The lowest BCUT2D eigenvalue weighted by molar-refractivity contribution is -0.659. The van der Waals surface area contributed by atoms with Gasteiger partial charge in [-0.15, -0.1) is 0 Å². The molecular weight excluding hydrogens is 232 g/mol. The summed E-state index contributed by atoms with van der Waals surface area (Å²) in [6, 6.07) is 8.71. The largest absolute Gasteiger partial charge is 0.312 e. The molecule has 19 heavy (non-hydrogen) atoms. The third kappa shape index (κ3) is 1.93. The molecule has 96 valence electrons. The van der Waals surface area contributed by atoms with Crippen molar-refractivity contribution in [1.82, 2.24) is 4.40 Å². The van der Waals surface area contributed by atoms with E-state index in [2.05, 4.69) is 79.6 Å². The second-order valence-corrected chi connectivity index (χ2v) is 5.35. The van der Waals surface area contributed by atoms with Gasteiger partial charge in [0.1, 0.15) is 12.6 Å². The van der Waals surface area contributed by atoms with Gasteiger partial charge in [0.2, 0.25) is 5.69 Å². The number of benzene rings is 1. The van der Waals surface area contributed by atoms with Crippen LogP contribution in [0.4, 0.5) is 0 Å². The predicted molar refractivity (Wildman–Crippen MR) is 78.2 cm³/mol. The Morgan fingerprint density at radius 3 is 2.68 bits per heavy atom. The molecule has 0 saturated carbocycles. The van der Waals surface area contributed by atoms with Crippen LogP contribution in [0.3, 0.4) is 0 Å². The molecule has 0 aliphatic heterocycles. The second kappa shape index (κ2) is 4.23. The Morgan fingerprint density at radius 2 is 1.89 bits per heavy atom. The Labute approximate surface area is 113 Å². The molecule has 0 aliphatic carbocycles. The van der Waals surface area contributed by atoms with Crippen molar-refractivity contribution < 1.29 is 4.57 Å². The van der Waals surface area contributed by atoms with Crippen LogP contribution in [0.1, 0.15) is 16.7 Å². The van der Waals surface area contributed by atoms with Gasteiger partial charge in [0, 0.05) is 6.20 Å². The maximum atomic E-state index is 2.27. The van der Waals surface area contributed by atoms with E-state index >= 15 is 0 Å². The van der Waals surface area contributed by atoms with Gasteiger partial charge in [0.05, 0.1) is 11.8 Å². The average Bonchev–Trinajstić information content (AvgIpc) is 2.80. The van der Waals surface area contributed by atoms with Crippen molar-refractivity contribution in [1.29, 1.82) is 0 Å². The minimum absolute atomic E-state index is 1.22.